The lowest BCUT2D eigenvalue weighted by atomic mass is 9.74. The highest BCUT2D eigenvalue weighted by molar-refractivity contribution is 5.83. The molecule has 3 aliphatic rings. The van der Waals surface area contributed by atoms with Gasteiger partial charge in [0.1, 0.15) is 23.6 Å². The lowest BCUT2D eigenvalue weighted by Gasteiger charge is -2.49. The lowest BCUT2D eigenvalue weighted by Crippen LogP contribution is -2.61. The zero-order valence-corrected chi connectivity index (χ0v) is 38.2. The van der Waals surface area contributed by atoms with Crippen molar-refractivity contribution < 1.29 is 77.5 Å². The number of cyclic esters (lactones) is 1. The van der Waals surface area contributed by atoms with E-state index in [1.54, 1.807) is 48.5 Å². The molecule has 18 atom stereocenters. The zero-order chi connectivity index (χ0) is 45.7. The second kappa shape index (κ2) is 21.4. The Labute approximate surface area is 356 Å². The van der Waals surface area contributed by atoms with Gasteiger partial charge in [0, 0.05) is 31.3 Å². The van der Waals surface area contributed by atoms with Gasteiger partial charge in [0.25, 0.3) is 0 Å². The Morgan fingerprint density at radius 3 is 2.03 bits per heavy atom. The standard InChI is InChI=1S/C43H75NO16/c1-15-29-43(11,52)36(48)24(5)33(47)22(3)20-41(9,51)38(25(6)34(26(7)39(50)57-29)59-32-21-42(10,53-14)37(49)27(8)56-32)60-40-35(28(44(12)13)19-23(4)55-40)58-31(46)18-17-30(45)54-16-2/h22-29,32,34-38,40,48-49,51-52H,15-21H2,1-14H3/t22-,23-,24+,25+,26-,27+,28+,29-,32+,34+,35-,36-,37+,38+,40+,41-,42+,43-/m1/s1. The molecule has 0 bridgehead atoms. The molecular weight excluding hydrogens is 786 g/mol. The normalized spacial score (nSPS) is 43.8. The topological polar surface area (TPSA) is 226 Å². The number of likely N-dealkylation sites (N-methyl/N-ethyl adjacent to an activating group) is 1. The summed E-state index contributed by atoms with van der Waals surface area (Å²) in [6.45, 7) is 17.9. The van der Waals surface area contributed by atoms with E-state index < -0.39 is 132 Å². The van der Waals surface area contributed by atoms with E-state index in [1.165, 1.54) is 27.9 Å². The van der Waals surface area contributed by atoms with Crippen molar-refractivity contribution in [3.63, 3.8) is 0 Å². The molecule has 0 aromatic heterocycles. The average molecular weight is 862 g/mol. The van der Waals surface area contributed by atoms with Gasteiger partial charge < -0.3 is 63.2 Å². The summed E-state index contributed by atoms with van der Waals surface area (Å²) in [4.78, 5) is 55.6. The molecule has 17 nitrogen and oxygen atoms in total. The van der Waals surface area contributed by atoms with Crippen LogP contribution in [0.25, 0.3) is 0 Å². The van der Waals surface area contributed by atoms with Crippen molar-refractivity contribution >= 4 is 23.7 Å². The van der Waals surface area contributed by atoms with Gasteiger partial charge in [0.2, 0.25) is 0 Å². The number of ketones is 1. The second-order valence-corrected chi connectivity index (χ2v) is 18.2. The SMILES string of the molecule is CCOC(=O)CCC(=O)O[C@H]1[C@H](O[C@H]2[C@@H](C)[C@H](O[C@H]3C[C@](C)(OC)[C@@H](O)[C@H](C)O3)[C@@H](C)C(=O)O[C@H](CC)[C@@](C)(O)[C@H](O)[C@@H](C)C(=O)[C@H](C)C[C@@]2(C)O)O[C@H](C)C[C@@H]1N(C)C. The molecule has 0 spiro atoms. The third-order valence-electron chi connectivity index (χ3n) is 12.9. The van der Waals surface area contributed by atoms with E-state index in [0.717, 1.165) is 0 Å². The fourth-order valence-corrected chi connectivity index (χ4v) is 9.17. The monoisotopic (exact) mass is 862 g/mol. The molecule has 348 valence electrons. The number of aliphatic hydroxyl groups excluding tert-OH is 2. The Hall–Kier alpha value is -2.32. The van der Waals surface area contributed by atoms with E-state index in [2.05, 4.69) is 0 Å². The summed E-state index contributed by atoms with van der Waals surface area (Å²) in [5.41, 5.74) is -5.06. The molecular formula is C43H75NO16. The number of esters is 3. The molecule has 3 fully saturated rings. The maximum Gasteiger partial charge on any atom is 0.311 e. The highest BCUT2D eigenvalue weighted by atomic mass is 16.7. The molecule has 4 N–H and O–H groups in total. The van der Waals surface area contributed by atoms with Crippen LogP contribution in [0.1, 0.15) is 115 Å². The maximum atomic E-state index is 14.3. The molecule has 60 heavy (non-hydrogen) atoms. The predicted molar refractivity (Wildman–Crippen MR) is 216 cm³/mol. The molecule has 3 heterocycles. The zero-order valence-electron chi connectivity index (χ0n) is 38.2. The molecule has 3 rings (SSSR count). The van der Waals surface area contributed by atoms with E-state index in [1.807, 2.05) is 25.9 Å². The number of nitrogens with zero attached hydrogens (tertiary/aromatic N) is 1. The number of aliphatic hydroxyl groups is 4. The van der Waals surface area contributed by atoms with Crippen LogP contribution in [-0.4, -0.2) is 161 Å². The van der Waals surface area contributed by atoms with Gasteiger partial charge >= 0.3 is 17.9 Å². The summed E-state index contributed by atoms with van der Waals surface area (Å²) in [6.07, 6.45) is -11.1. The van der Waals surface area contributed by atoms with E-state index >= 15 is 0 Å². The summed E-state index contributed by atoms with van der Waals surface area (Å²) in [7, 11) is 5.09. The minimum Gasteiger partial charge on any atom is -0.466 e. The van der Waals surface area contributed by atoms with E-state index in [9.17, 15) is 39.6 Å². The van der Waals surface area contributed by atoms with Gasteiger partial charge in [-0.2, -0.15) is 0 Å². The number of carbonyl (C=O) groups excluding carboxylic acids is 4. The molecule has 0 aromatic rings. The third kappa shape index (κ3) is 12.2. The number of rotatable bonds is 12. The lowest BCUT2D eigenvalue weighted by molar-refractivity contribution is -0.319. The quantitative estimate of drug-likeness (QED) is 0.163. The van der Waals surface area contributed by atoms with E-state index in [4.69, 9.17) is 37.9 Å². The first kappa shape index (κ1) is 52.0. The summed E-state index contributed by atoms with van der Waals surface area (Å²) < 4.78 is 48.8. The molecule has 0 unspecified atom stereocenters. The largest absolute Gasteiger partial charge is 0.466 e. The van der Waals surface area contributed by atoms with Crippen molar-refractivity contribution in [2.75, 3.05) is 27.8 Å². The number of hydrogen-bond acceptors (Lipinski definition) is 17. The minimum absolute atomic E-state index is 0.0431. The van der Waals surface area contributed by atoms with Gasteiger partial charge in [-0.3, -0.25) is 19.2 Å². The molecule has 0 amide bonds. The van der Waals surface area contributed by atoms with Crippen molar-refractivity contribution in [3.8, 4) is 0 Å². The van der Waals surface area contributed by atoms with Crippen molar-refractivity contribution in [2.45, 2.75) is 199 Å². The number of ether oxygens (including phenoxy) is 8. The van der Waals surface area contributed by atoms with Crippen LogP contribution in [0.3, 0.4) is 0 Å². The maximum absolute atomic E-state index is 14.3. The Morgan fingerprint density at radius 2 is 1.47 bits per heavy atom. The Morgan fingerprint density at radius 1 is 0.850 bits per heavy atom. The third-order valence-corrected chi connectivity index (χ3v) is 12.9. The van der Waals surface area contributed by atoms with Crippen LogP contribution in [0.4, 0.5) is 0 Å². The summed E-state index contributed by atoms with van der Waals surface area (Å²) in [5, 5.41) is 46.8. The second-order valence-electron chi connectivity index (χ2n) is 18.2. The fourth-order valence-electron chi connectivity index (χ4n) is 9.17. The van der Waals surface area contributed by atoms with Gasteiger partial charge in [-0.15, -0.1) is 0 Å². The number of carbonyl (C=O) groups is 4. The smallest absolute Gasteiger partial charge is 0.311 e. The highest BCUT2D eigenvalue weighted by Crippen LogP contribution is 2.41. The Balaban J connectivity index is 2.22. The van der Waals surface area contributed by atoms with Crippen molar-refractivity contribution in [1.29, 1.82) is 0 Å². The van der Waals surface area contributed by atoms with E-state index in [-0.39, 0.29) is 38.7 Å². The summed E-state index contributed by atoms with van der Waals surface area (Å²) >= 11 is 0. The van der Waals surface area contributed by atoms with Crippen LogP contribution in [0.2, 0.25) is 0 Å². The van der Waals surface area contributed by atoms with Crippen molar-refractivity contribution in [1.82, 2.24) is 4.90 Å². The molecule has 0 aromatic carbocycles. The van der Waals surface area contributed by atoms with Crippen molar-refractivity contribution in [3.05, 3.63) is 0 Å². The van der Waals surface area contributed by atoms with Gasteiger partial charge in [0.05, 0.1) is 73.1 Å². The Bertz CT molecular complexity index is 1440. The predicted octanol–water partition coefficient (Wildman–Crippen LogP) is 2.68. The average Bonchev–Trinajstić information content (AvgIpc) is 3.17. The first-order chi connectivity index (χ1) is 27.8. The summed E-state index contributed by atoms with van der Waals surface area (Å²) in [5.74, 6) is -6.64. The number of hydrogen-bond donors (Lipinski definition) is 4. The highest BCUT2D eigenvalue weighted by Gasteiger charge is 2.54. The Kier molecular flexibility index (Phi) is 18.5. The molecule has 0 radical (unpaired) electrons. The molecule has 0 saturated carbocycles. The fraction of sp³-hybridized carbons (Fsp3) is 0.907. The summed E-state index contributed by atoms with van der Waals surface area (Å²) in [6, 6.07) is -0.443. The number of methoxy groups -OCH3 is 1. The molecule has 3 aliphatic heterocycles. The van der Waals surface area contributed by atoms with Crippen LogP contribution in [0.15, 0.2) is 0 Å². The van der Waals surface area contributed by atoms with Gasteiger partial charge in [-0.05, 0) is 81.8 Å². The van der Waals surface area contributed by atoms with E-state index in [0.29, 0.717) is 6.42 Å². The van der Waals surface area contributed by atoms with Gasteiger partial charge in [0.15, 0.2) is 18.7 Å². The molecule has 3 saturated heterocycles. The van der Waals surface area contributed by atoms with Gasteiger partial charge in [-0.1, -0.05) is 27.7 Å². The van der Waals surface area contributed by atoms with Crippen LogP contribution in [0, 0.1) is 23.7 Å². The van der Waals surface area contributed by atoms with Crippen LogP contribution < -0.4 is 0 Å². The minimum atomic E-state index is -2.04. The number of Topliss-reactive ketones (excluding diaryl/α,β-unsaturated/α-hetero) is 1. The van der Waals surface area contributed by atoms with Crippen LogP contribution in [-0.2, 0) is 57.1 Å². The van der Waals surface area contributed by atoms with Crippen LogP contribution >= 0.6 is 0 Å². The molecule has 0 aliphatic carbocycles. The van der Waals surface area contributed by atoms with Crippen molar-refractivity contribution in [2.24, 2.45) is 23.7 Å². The first-order valence-corrected chi connectivity index (χ1v) is 21.5. The van der Waals surface area contributed by atoms with Crippen LogP contribution in [0.5, 0.6) is 0 Å². The first-order valence-electron chi connectivity index (χ1n) is 21.5. The molecule has 17 heteroatoms. The van der Waals surface area contributed by atoms with Gasteiger partial charge in [-0.25, -0.2) is 0 Å².